The third kappa shape index (κ3) is 3.65. The summed E-state index contributed by atoms with van der Waals surface area (Å²) in [7, 11) is 0. The van der Waals surface area contributed by atoms with E-state index in [2.05, 4.69) is 0 Å². The van der Waals surface area contributed by atoms with Crippen LogP contribution in [0.15, 0.2) is 54.6 Å². The van der Waals surface area contributed by atoms with E-state index in [1.165, 1.54) is 0 Å². The number of hydrogen-bond donors (Lipinski definition) is 1. The quantitative estimate of drug-likeness (QED) is 0.921. The van der Waals surface area contributed by atoms with Crippen molar-refractivity contribution in [1.82, 2.24) is 4.90 Å². The second-order valence-corrected chi connectivity index (χ2v) is 5.80. The number of carbonyl (C=O) groups is 1. The van der Waals surface area contributed by atoms with Crippen molar-refractivity contribution in [3.8, 4) is 5.75 Å². The zero-order valence-corrected chi connectivity index (χ0v) is 13.0. The first-order valence-corrected chi connectivity index (χ1v) is 8.01. The van der Waals surface area contributed by atoms with Gasteiger partial charge in [0.1, 0.15) is 12.4 Å². The van der Waals surface area contributed by atoms with Crippen molar-refractivity contribution in [2.24, 2.45) is 0 Å². The Balaban J connectivity index is 1.71. The number of para-hydroxylation sites is 1. The molecule has 1 fully saturated rings. The number of likely N-dealkylation sites (tertiary alicyclic amines) is 1. The molecule has 4 heteroatoms. The molecule has 2 aromatic rings. The van der Waals surface area contributed by atoms with Crippen LogP contribution in [0.1, 0.15) is 36.4 Å². The number of hydrogen-bond acceptors (Lipinski definition) is 3. The molecule has 1 N–H and O–H groups in total. The molecule has 0 aromatic heterocycles. The van der Waals surface area contributed by atoms with Crippen molar-refractivity contribution < 1.29 is 14.6 Å². The number of phenols is 1. The van der Waals surface area contributed by atoms with Gasteiger partial charge in [-0.2, -0.15) is 0 Å². The molecule has 1 amide bonds. The number of aromatic hydroxyl groups is 1. The van der Waals surface area contributed by atoms with E-state index in [4.69, 9.17) is 4.74 Å². The summed E-state index contributed by atoms with van der Waals surface area (Å²) < 4.78 is 5.46. The molecule has 3 rings (SSSR count). The highest BCUT2D eigenvalue weighted by atomic mass is 16.6. The van der Waals surface area contributed by atoms with Gasteiger partial charge in [0, 0.05) is 12.1 Å². The lowest BCUT2D eigenvalue weighted by Gasteiger charge is -2.35. The summed E-state index contributed by atoms with van der Waals surface area (Å²) in [4.78, 5) is 14.2. The number of carbonyl (C=O) groups excluding carboxylic acids is 1. The van der Waals surface area contributed by atoms with E-state index >= 15 is 0 Å². The summed E-state index contributed by atoms with van der Waals surface area (Å²) in [6.45, 7) is 0.927. The Labute approximate surface area is 136 Å². The monoisotopic (exact) mass is 311 g/mol. The van der Waals surface area contributed by atoms with E-state index in [0.29, 0.717) is 6.54 Å². The molecule has 0 saturated carbocycles. The Morgan fingerprint density at radius 3 is 2.61 bits per heavy atom. The molecule has 1 heterocycles. The number of nitrogens with zero attached hydrogens (tertiary/aromatic N) is 1. The van der Waals surface area contributed by atoms with Gasteiger partial charge in [-0.3, -0.25) is 0 Å². The summed E-state index contributed by atoms with van der Waals surface area (Å²) in [5, 5.41) is 10.1. The number of rotatable bonds is 3. The molecule has 2 aromatic carbocycles. The van der Waals surface area contributed by atoms with Gasteiger partial charge in [0.2, 0.25) is 0 Å². The van der Waals surface area contributed by atoms with Gasteiger partial charge in [-0.25, -0.2) is 4.79 Å². The van der Waals surface area contributed by atoms with Gasteiger partial charge < -0.3 is 14.7 Å². The summed E-state index contributed by atoms with van der Waals surface area (Å²) in [5.41, 5.74) is 1.76. The second kappa shape index (κ2) is 7.18. The van der Waals surface area contributed by atoms with Crippen LogP contribution in [-0.2, 0) is 11.3 Å². The van der Waals surface area contributed by atoms with Crippen LogP contribution in [0.4, 0.5) is 4.79 Å². The predicted molar refractivity (Wildman–Crippen MR) is 88.0 cm³/mol. The Kier molecular flexibility index (Phi) is 4.81. The van der Waals surface area contributed by atoms with Gasteiger partial charge in [-0.15, -0.1) is 0 Å². The topological polar surface area (TPSA) is 49.8 Å². The van der Waals surface area contributed by atoms with Crippen LogP contribution >= 0.6 is 0 Å². The Bertz CT molecular complexity index is 657. The molecule has 120 valence electrons. The molecular formula is C19H21NO3. The molecule has 1 unspecified atom stereocenters. The number of piperidine rings is 1. The molecule has 4 nitrogen and oxygen atoms in total. The summed E-state index contributed by atoms with van der Waals surface area (Å²) in [5.74, 6) is 0.236. The SMILES string of the molecule is O=C(OCc1ccccc1)N1CCCCC1c1ccccc1O. The van der Waals surface area contributed by atoms with Gasteiger partial charge in [-0.1, -0.05) is 48.5 Å². The number of benzene rings is 2. The highest BCUT2D eigenvalue weighted by Gasteiger charge is 2.30. The maximum absolute atomic E-state index is 12.5. The molecule has 0 bridgehead atoms. The molecule has 1 saturated heterocycles. The molecule has 1 aliphatic rings. The number of ether oxygens (including phenoxy) is 1. The van der Waals surface area contributed by atoms with Crippen molar-refractivity contribution >= 4 is 6.09 Å². The van der Waals surface area contributed by atoms with Crippen LogP contribution in [0.5, 0.6) is 5.75 Å². The molecule has 0 spiro atoms. The molecule has 1 atom stereocenters. The summed E-state index contributed by atoms with van der Waals surface area (Å²) in [6.07, 6.45) is 2.53. The zero-order valence-electron chi connectivity index (χ0n) is 13.0. The molecule has 0 aliphatic carbocycles. The van der Waals surface area contributed by atoms with Crippen molar-refractivity contribution in [2.45, 2.75) is 31.9 Å². The molecule has 1 aliphatic heterocycles. The van der Waals surface area contributed by atoms with Crippen LogP contribution < -0.4 is 0 Å². The fourth-order valence-corrected chi connectivity index (χ4v) is 3.04. The standard InChI is InChI=1S/C19H21NO3/c21-18-12-5-4-10-16(18)17-11-6-7-13-20(17)19(22)23-14-15-8-2-1-3-9-15/h1-5,8-10,12,17,21H,6-7,11,13-14H2. The highest BCUT2D eigenvalue weighted by molar-refractivity contribution is 5.68. The Morgan fingerprint density at radius 1 is 1.09 bits per heavy atom. The molecule has 23 heavy (non-hydrogen) atoms. The third-order valence-electron chi connectivity index (χ3n) is 4.24. The van der Waals surface area contributed by atoms with Crippen molar-refractivity contribution in [1.29, 1.82) is 0 Å². The van der Waals surface area contributed by atoms with Crippen LogP contribution in [0, 0.1) is 0 Å². The predicted octanol–water partition coefficient (Wildman–Crippen LogP) is 4.26. The van der Waals surface area contributed by atoms with Gasteiger partial charge in [0.25, 0.3) is 0 Å². The van der Waals surface area contributed by atoms with E-state index in [-0.39, 0.29) is 24.5 Å². The van der Waals surface area contributed by atoms with E-state index in [1.807, 2.05) is 42.5 Å². The average molecular weight is 311 g/mol. The normalized spacial score (nSPS) is 17.7. The lowest BCUT2D eigenvalue weighted by molar-refractivity contribution is 0.0674. The average Bonchev–Trinajstić information content (AvgIpc) is 2.61. The lowest BCUT2D eigenvalue weighted by Crippen LogP contribution is -2.38. The fraction of sp³-hybridized carbons (Fsp3) is 0.316. The van der Waals surface area contributed by atoms with E-state index < -0.39 is 0 Å². The Hall–Kier alpha value is -2.49. The summed E-state index contributed by atoms with van der Waals surface area (Å²) >= 11 is 0. The lowest BCUT2D eigenvalue weighted by atomic mass is 9.95. The zero-order chi connectivity index (χ0) is 16.1. The van der Waals surface area contributed by atoms with Crippen LogP contribution in [0.2, 0.25) is 0 Å². The minimum Gasteiger partial charge on any atom is -0.508 e. The minimum atomic E-state index is -0.318. The van der Waals surface area contributed by atoms with Gasteiger partial charge in [-0.05, 0) is 30.9 Å². The Morgan fingerprint density at radius 2 is 1.83 bits per heavy atom. The second-order valence-electron chi connectivity index (χ2n) is 5.80. The van der Waals surface area contributed by atoms with Gasteiger partial charge >= 0.3 is 6.09 Å². The van der Waals surface area contributed by atoms with E-state index in [1.54, 1.807) is 17.0 Å². The van der Waals surface area contributed by atoms with Crippen molar-refractivity contribution in [3.63, 3.8) is 0 Å². The number of phenolic OH excluding ortho intramolecular Hbond substituents is 1. The fourth-order valence-electron chi connectivity index (χ4n) is 3.04. The first-order chi connectivity index (χ1) is 11.3. The largest absolute Gasteiger partial charge is 0.508 e. The molecular weight excluding hydrogens is 290 g/mol. The maximum atomic E-state index is 12.5. The maximum Gasteiger partial charge on any atom is 0.410 e. The minimum absolute atomic E-state index is 0.117. The van der Waals surface area contributed by atoms with Crippen molar-refractivity contribution in [2.75, 3.05) is 6.54 Å². The summed E-state index contributed by atoms with van der Waals surface area (Å²) in [6, 6.07) is 16.8. The first-order valence-electron chi connectivity index (χ1n) is 8.01. The smallest absolute Gasteiger partial charge is 0.410 e. The van der Waals surface area contributed by atoms with E-state index in [0.717, 1.165) is 30.4 Å². The van der Waals surface area contributed by atoms with Crippen molar-refractivity contribution in [3.05, 3.63) is 65.7 Å². The van der Waals surface area contributed by atoms with Gasteiger partial charge in [0.15, 0.2) is 0 Å². The van der Waals surface area contributed by atoms with E-state index in [9.17, 15) is 9.90 Å². The third-order valence-corrected chi connectivity index (χ3v) is 4.24. The highest BCUT2D eigenvalue weighted by Crippen LogP contribution is 2.35. The molecule has 0 radical (unpaired) electrons. The van der Waals surface area contributed by atoms with Crippen LogP contribution in [0.25, 0.3) is 0 Å². The number of amides is 1. The van der Waals surface area contributed by atoms with Gasteiger partial charge in [0.05, 0.1) is 6.04 Å². The first kappa shape index (κ1) is 15.4. The van der Waals surface area contributed by atoms with Crippen LogP contribution in [0.3, 0.4) is 0 Å². The van der Waals surface area contributed by atoms with Crippen LogP contribution in [-0.4, -0.2) is 22.6 Å².